The number of carboxylic acids is 1. The van der Waals surface area contributed by atoms with Crippen molar-refractivity contribution in [1.82, 2.24) is 0 Å². The molecule has 1 saturated carbocycles. The van der Waals surface area contributed by atoms with Gasteiger partial charge in [-0.3, -0.25) is 4.79 Å². The average molecular weight is 296 g/mol. The lowest BCUT2D eigenvalue weighted by Gasteiger charge is -2.40. The molecule has 0 unspecified atom stereocenters. The number of ether oxygens (including phenoxy) is 4. The van der Waals surface area contributed by atoms with E-state index < -0.39 is 11.6 Å². The van der Waals surface area contributed by atoms with Crippen molar-refractivity contribution in [2.75, 3.05) is 21.3 Å². The quantitative estimate of drug-likeness (QED) is 0.833. The van der Waals surface area contributed by atoms with Crippen molar-refractivity contribution in [2.24, 2.45) is 0 Å². The maximum atomic E-state index is 11.0. The highest BCUT2D eigenvalue weighted by Crippen LogP contribution is 2.45. The molecule has 0 radical (unpaired) electrons. The van der Waals surface area contributed by atoms with Crippen LogP contribution in [0.1, 0.15) is 25.7 Å². The second-order valence-corrected chi connectivity index (χ2v) is 5.07. The highest BCUT2D eigenvalue weighted by Gasteiger charge is 2.41. The van der Waals surface area contributed by atoms with Crippen LogP contribution in [0.4, 0.5) is 0 Å². The van der Waals surface area contributed by atoms with Gasteiger partial charge in [-0.25, -0.2) is 0 Å². The van der Waals surface area contributed by atoms with Crippen LogP contribution in [0.25, 0.3) is 0 Å². The van der Waals surface area contributed by atoms with E-state index in [2.05, 4.69) is 0 Å². The van der Waals surface area contributed by atoms with Gasteiger partial charge < -0.3 is 24.1 Å². The summed E-state index contributed by atoms with van der Waals surface area (Å²) in [7, 11) is 4.58. The van der Waals surface area contributed by atoms with E-state index in [0.29, 0.717) is 23.0 Å². The summed E-state index contributed by atoms with van der Waals surface area (Å²) in [6.07, 6.45) is 2.42. The summed E-state index contributed by atoms with van der Waals surface area (Å²) in [6, 6.07) is 3.37. The number of hydrogen-bond acceptors (Lipinski definition) is 5. The molecule has 1 aliphatic rings. The van der Waals surface area contributed by atoms with Crippen molar-refractivity contribution in [3.05, 3.63) is 12.1 Å². The molecule has 1 aliphatic carbocycles. The van der Waals surface area contributed by atoms with E-state index in [1.807, 2.05) is 0 Å². The number of benzene rings is 1. The highest BCUT2D eigenvalue weighted by molar-refractivity contribution is 5.68. The number of rotatable bonds is 7. The van der Waals surface area contributed by atoms with Gasteiger partial charge in [-0.15, -0.1) is 0 Å². The Bertz CT molecular complexity index is 496. The van der Waals surface area contributed by atoms with Crippen molar-refractivity contribution in [1.29, 1.82) is 0 Å². The summed E-state index contributed by atoms with van der Waals surface area (Å²) < 4.78 is 21.7. The molecule has 0 aromatic heterocycles. The molecule has 21 heavy (non-hydrogen) atoms. The molecule has 0 heterocycles. The predicted octanol–water partition coefficient (Wildman–Crippen LogP) is 2.49. The molecular weight excluding hydrogens is 276 g/mol. The molecule has 0 aliphatic heterocycles. The molecule has 1 aromatic rings. The minimum absolute atomic E-state index is 0.0103. The van der Waals surface area contributed by atoms with E-state index in [1.165, 1.54) is 21.3 Å². The van der Waals surface area contributed by atoms with Gasteiger partial charge in [0, 0.05) is 12.1 Å². The Morgan fingerprint density at radius 3 is 2.05 bits per heavy atom. The molecule has 0 saturated heterocycles. The van der Waals surface area contributed by atoms with Crippen LogP contribution in [-0.4, -0.2) is 38.0 Å². The van der Waals surface area contributed by atoms with Gasteiger partial charge in [0.1, 0.15) is 11.4 Å². The summed E-state index contributed by atoms with van der Waals surface area (Å²) in [5.41, 5.74) is -0.629. The third kappa shape index (κ3) is 3.15. The van der Waals surface area contributed by atoms with Crippen LogP contribution in [0.5, 0.6) is 23.0 Å². The first-order valence-electron chi connectivity index (χ1n) is 6.74. The minimum atomic E-state index is -0.859. The van der Waals surface area contributed by atoms with Crippen LogP contribution in [0.3, 0.4) is 0 Å². The fourth-order valence-corrected chi connectivity index (χ4v) is 2.53. The normalized spacial score (nSPS) is 15.8. The van der Waals surface area contributed by atoms with E-state index in [0.717, 1.165) is 19.3 Å². The number of carbonyl (C=O) groups is 1. The van der Waals surface area contributed by atoms with E-state index in [1.54, 1.807) is 12.1 Å². The zero-order valence-electron chi connectivity index (χ0n) is 12.5. The maximum absolute atomic E-state index is 11.0. The second-order valence-electron chi connectivity index (χ2n) is 5.07. The summed E-state index contributed by atoms with van der Waals surface area (Å²) >= 11 is 0. The number of methoxy groups -OCH3 is 3. The lowest BCUT2D eigenvalue weighted by Crippen LogP contribution is -2.45. The molecule has 1 N–H and O–H groups in total. The summed E-state index contributed by atoms with van der Waals surface area (Å²) in [4.78, 5) is 11.0. The maximum Gasteiger partial charge on any atom is 0.307 e. The van der Waals surface area contributed by atoms with Crippen LogP contribution in [0, 0.1) is 0 Å². The van der Waals surface area contributed by atoms with Crippen molar-refractivity contribution in [2.45, 2.75) is 31.3 Å². The van der Waals surface area contributed by atoms with Gasteiger partial charge in [-0.05, 0) is 19.3 Å². The Morgan fingerprint density at radius 1 is 1.14 bits per heavy atom. The minimum Gasteiger partial charge on any atom is -0.493 e. The topological polar surface area (TPSA) is 74.2 Å². The first-order valence-corrected chi connectivity index (χ1v) is 6.74. The molecule has 0 bridgehead atoms. The molecule has 6 nitrogen and oxygen atoms in total. The van der Waals surface area contributed by atoms with Crippen molar-refractivity contribution in [3.63, 3.8) is 0 Å². The molecule has 6 heteroatoms. The molecule has 116 valence electrons. The van der Waals surface area contributed by atoms with Crippen LogP contribution in [-0.2, 0) is 4.79 Å². The standard InChI is InChI=1S/C15H20O6/c1-18-11-7-10(8-12(19-2)14(11)20-3)21-15(5-4-6-15)9-13(16)17/h7-8H,4-6,9H2,1-3H3,(H,16,17). The predicted molar refractivity (Wildman–Crippen MR) is 75.6 cm³/mol. The largest absolute Gasteiger partial charge is 0.493 e. The Kier molecular flexibility index (Phi) is 4.45. The van der Waals surface area contributed by atoms with Gasteiger partial charge in [-0.1, -0.05) is 0 Å². The summed E-state index contributed by atoms with van der Waals surface area (Å²) in [6.45, 7) is 0. The lowest BCUT2D eigenvalue weighted by atomic mass is 9.77. The third-order valence-electron chi connectivity index (χ3n) is 3.71. The summed E-state index contributed by atoms with van der Waals surface area (Å²) in [5, 5.41) is 9.03. The molecular formula is C15H20O6. The highest BCUT2D eigenvalue weighted by atomic mass is 16.5. The summed E-state index contributed by atoms with van der Waals surface area (Å²) in [5.74, 6) is 1.11. The van der Waals surface area contributed by atoms with Crippen LogP contribution in [0.2, 0.25) is 0 Å². The Balaban J connectivity index is 2.29. The van der Waals surface area contributed by atoms with Crippen LogP contribution < -0.4 is 18.9 Å². The third-order valence-corrected chi connectivity index (χ3v) is 3.71. The van der Waals surface area contributed by atoms with Crippen molar-refractivity contribution >= 4 is 5.97 Å². The number of hydrogen-bond donors (Lipinski definition) is 1. The smallest absolute Gasteiger partial charge is 0.307 e. The van der Waals surface area contributed by atoms with E-state index in [4.69, 9.17) is 24.1 Å². The van der Waals surface area contributed by atoms with Gasteiger partial charge >= 0.3 is 5.97 Å². The zero-order valence-corrected chi connectivity index (χ0v) is 12.5. The van der Waals surface area contributed by atoms with Crippen LogP contribution >= 0.6 is 0 Å². The SMILES string of the molecule is COc1cc(OC2(CC(=O)O)CCC2)cc(OC)c1OC. The van der Waals surface area contributed by atoms with Gasteiger partial charge in [0.25, 0.3) is 0 Å². The molecule has 2 rings (SSSR count). The second kappa shape index (κ2) is 6.11. The fourth-order valence-electron chi connectivity index (χ4n) is 2.53. The Morgan fingerprint density at radius 2 is 1.71 bits per heavy atom. The monoisotopic (exact) mass is 296 g/mol. The molecule has 1 fully saturated rings. The van der Waals surface area contributed by atoms with Gasteiger partial charge in [0.05, 0.1) is 27.8 Å². The molecule has 0 atom stereocenters. The molecule has 1 aromatic carbocycles. The van der Waals surface area contributed by atoms with Gasteiger partial charge in [0.15, 0.2) is 11.5 Å². The van der Waals surface area contributed by atoms with Gasteiger partial charge in [0.2, 0.25) is 5.75 Å². The van der Waals surface area contributed by atoms with E-state index >= 15 is 0 Å². The van der Waals surface area contributed by atoms with Crippen LogP contribution in [0.15, 0.2) is 12.1 Å². The average Bonchev–Trinajstić information content (AvgIpc) is 2.43. The first-order chi connectivity index (χ1) is 10.0. The van der Waals surface area contributed by atoms with Gasteiger partial charge in [-0.2, -0.15) is 0 Å². The molecule has 0 amide bonds. The number of aliphatic carboxylic acids is 1. The Hall–Kier alpha value is -2.11. The number of carboxylic acid groups (broad SMARTS) is 1. The fraction of sp³-hybridized carbons (Fsp3) is 0.533. The van der Waals surface area contributed by atoms with Crippen molar-refractivity contribution < 1.29 is 28.8 Å². The van der Waals surface area contributed by atoms with E-state index in [9.17, 15) is 4.79 Å². The zero-order chi connectivity index (χ0) is 15.5. The first kappa shape index (κ1) is 15.3. The Labute approximate surface area is 123 Å². The van der Waals surface area contributed by atoms with Crippen molar-refractivity contribution in [3.8, 4) is 23.0 Å². The molecule has 0 spiro atoms. The lowest BCUT2D eigenvalue weighted by molar-refractivity contribution is -0.144. The van der Waals surface area contributed by atoms with E-state index in [-0.39, 0.29) is 6.42 Å².